The molecule has 0 heterocycles. The van der Waals surface area contributed by atoms with Crippen LogP contribution in [0.4, 0.5) is 0 Å². The number of nitrogens with zero attached hydrogens (tertiary/aromatic N) is 1. The highest BCUT2D eigenvalue weighted by molar-refractivity contribution is 14.0. The van der Waals surface area contributed by atoms with Crippen LogP contribution in [0.1, 0.15) is 31.9 Å². The molecule has 0 aliphatic heterocycles. The highest BCUT2D eigenvalue weighted by atomic mass is 127. The maximum Gasteiger partial charge on any atom is 0.191 e. The Labute approximate surface area is 163 Å². The van der Waals surface area contributed by atoms with E-state index in [1.807, 2.05) is 6.07 Å². The van der Waals surface area contributed by atoms with Gasteiger partial charge >= 0.3 is 0 Å². The van der Waals surface area contributed by atoms with Crippen molar-refractivity contribution in [1.29, 1.82) is 0 Å². The largest absolute Gasteiger partial charge is 0.496 e. The summed E-state index contributed by atoms with van der Waals surface area (Å²) >= 11 is 0. The summed E-state index contributed by atoms with van der Waals surface area (Å²) in [5.74, 6) is 1.64. The van der Waals surface area contributed by atoms with Crippen molar-refractivity contribution in [2.45, 2.75) is 40.3 Å². The molecular weight excluding hydrogens is 417 g/mol. The third-order valence-electron chi connectivity index (χ3n) is 3.82. The normalized spacial score (nSPS) is 13.0. The molecule has 0 saturated carbocycles. The SMILES string of the molecule is CN=C(NCc1ccc(C)cc1OC)NCC(OC)C(C)(C)C.I. The third kappa shape index (κ3) is 7.25. The topological polar surface area (TPSA) is 54.9 Å². The quantitative estimate of drug-likeness (QED) is 0.398. The minimum absolute atomic E-state index is 0. The number of ether oxygens (including phenoxy) is 2. The number of guanidine groups is 1. The summed E-state index contributed by atoms with van der Waals surface area (Å²) in [4.78, 5) is 4.26. The molecule has 1 atom stereocenters. The van der Waals surface area contributed by atoms with Crippen molar-refractivity contribution < 1.29 is 9.47 Å². The van der Waals surface area contributed by atoms with E-state index in [0.29, 0.717) is 13.1 Å². The molecule has 0 aliphatic carbocycles. The summed E-state index contributed by atoms with van der Waals surface area (Å²) in [5, 5.41) is 6.63. The van der Waals surface area contributed by atoms with Crippen molar-refractivity contribution in [3.8, 4) is 5.75 Å². The molecule has 138 valence electrons. The Morgan fingerprint density at radius 2 is 1.88 bits per heavy atom. The van der Waals surface area contributed by atoms with Gasteiger partial charge in [-0.15, -0.1) is 24.0 Å². The van der Waals surface area contributed by atoms with Gasteiger partial charge in [-0.2, -0.15) is 0 Å². The van der Waals surface area contributed by atoms with E-state index in [2.05, 4.69) is 55.5 Å². The van der Waals surface area contributed by atoms with Crippen LogP contribution in [0.25, 0.3) is 0 Å². The van der Waals surface area contributed by atoms with Crippen LogP contribution in [0.3, 0.4) is 0 Å². The summed E-state index contributed by atoms with van der Waals surface area (Å²) in [6.45, 7) is 9.89. The van der Waals surface area contributed by atoms with Gasteiger partial charge < -0.3 is 20.1 Å². The Balaban J connectivity index is 0.00000529. The predicted molar refractivity (Wildman–Crippen MR) is 112 cm³/mol. The molecule has 1 rings (SSSR count). The zero-order chi connectivity index (χ0) is 17.5. The lowest BCUT2D eigenvalue weighted by atomic mass is 9.89. The van der Waals surface area contributed by atoms with Crippen molar-refractivity contribution in [2.24, 2.45) is 10.4 Å². The van der Waals surface area contributed by atoms with Crippen LogP contribution in [-0.2, 0) is 11.3 Å². The number of nitrogens with one attached hydrogen (secondary N) is 2. The summed E-state index contributed by atoms with van der Waals surface area (Å²) in [5.41, 5.74) is 2.35. The first kappa shape index (κ1) is 23.0. The Kier molecular flexibility index (Phi) is 10.3. The Morgan fingerprint density at radius 1 is 1.21 bits per heavy atom. The molecule has 0 spiro atoms. The zero-order valence-electron chi connectivity index (χ0n) is 15.9. The number of rotatable bonds is 6. The second kappa shape index (κ2) is 10.8. The molecule has 0 aromatic heterocycles. The fraction of sp³-hybridized carbons (Fsp3) is 0.611. The van der Waals surface area contributed by atoms with Crippen LogP contribution < -0.4 is 15.4 Å². The van der Waals surface area contributed by atoms with Gasteiger partial charge in [0.1, 0.15) is 5.75 Å². The smallest absolute Gasteiger partial charge is 0.191 e. The van der Waals surface area contributed by atoms with Crippen LogP contribution in [-0.4, -0.2) is 39.9 Å². The molecule has 0 saturated heterocycles. The average Bonchev–Trinajstić information content (AvgIpc) is 2.50. The van der Waals surface area contributed by atoms with Crippen LogP contribution in [0.2, 0.25) is 0 Å². The molecule has 0 aliphatic rings. The van der Waals surface area contributed by atoms with E-state index >= 15 is 0 Å². The second-order valence-corrected chi connectivity index (χ2v) is 6.71. The van der Waals surface area contributed by atoms with E-state index < -0.39 is 0 Å². The maximum atomic E-state index is 5.56. The fourth-order valence-corrected chi connectivity index (χ4v) is 2.33. The van der Waals surface area contributed by atoms with Crippen LogP contribution in [0, 0.1) is 12.3 Å². The molecule has 1 unspecified atom stereocenters. The lowest BCUT2D eigenvalue weighted by molar-refractivity contribution is 0.0205. The van der Waals surface area contributed by atoms with Gasteiger partial charge in [0.25, 0.3) is 0 Å². The highest BCUT2D eigenvalue weighted by Crippen LogP contribution is 2.21. The molecule has 1 aromatic carbocycles. The Hall–Kier alpha value is -1.02. The highest BCUT2D eigenvalue weighted by Gasteiger charge is 2.24. The number of aliphatic imine (C=N–C) groups is 1. The standard InChI is InChI=1S/C18H31N3O2.HI/c1-13-8-9-14(15(10-13)22-6)11-20-17(19-5)21-12-16(23-7)18(2,3)4;/h8-10,16H,11-12H2,1-7H3,(H2,19,20,21);1H. The monoisotopic (exact) mass is 449 g/mol. The Bertz CT molecular complexity index is 527. The van der Waals surface area contributed by atoms with Crippen molar-refractivity contribution in [3.63, 3.8) is 0 Å². The van der Waals surface area contributed by atoms with E-state index in [4.69, 9.17) is 9.47 Å². The number of methoxy groups -OCH3 is 2. The van der Waals surface area contributed by atoms with Gasteiger partial charge in [0.2, 0.25) is 0 Å². The van der Waals surface area contributed by atoms with E-state index in [1.165, 1.54) is 5.56 Å². The van der Waals surface area contributed by atoms with Crippen molar-refractivity contribution >= 4 is 29.9 Å². The first-order valence-electron chi connectivity index (χ1n) is 7.92. The zero-order valence-corrected chi connectivity index (χ0v) is 18.2. The van der Waals surface area contributed by atoms with Gasteiger partial charge in [-0.1, -0.05) is 32.9 Å². The van der Waals surface area contributed by atoms with E-state index in [9.17, 15) is 0 Å². The Morgan fingerprint density at radius 3 is 2.38 bits per heavy atom. The molecule has 0 amide bonds. The van der Waals surface area contributed by atoms with E-state index in [-0.39, 0.29) is 35.5 Å². The number of benzene rings is 1. The summed E-state index contributed by atoms with van der Waals surface area (Å²) in [6.07, 6.45) is 0.106. The van der Waals surface area contributed by atoms with Crippen LogP contribution >= 0.6 is 24.0 Å². The summed E-state index contributed by atoms with van der Waals surface area (Å²) in [6, 6.07) is 6.19. The van der Waals surface area contributed by atoms with Gasteiger partial charge in [-0.3, -0.25) is 4.99 Å². The molecular formula is C18H32IN3O2. The van der Waals surface area contributed by atoms with Crippen molar-refractivity contribution in [1.82, 2.24) is 10.6 Å². The van der Waals surface area contributed by atoms with Gasteiger partial charge in [0, 0.05) is 32.8 Å². The molecule has 6 heteroatoms. The maximum absolute atomic E-state index is 5.56. The number of hydrogen-bond donors (Lipinski definition) is 2. The van der Waals surface area contributed by atoms with Gasteiger partial charge in [-0.25, -0.2) is 0 Å². The minimum atomic E-state index is 0. The number of hydrogen-bond acceptors (Lipinski definition) is 3. The average molecular weight is 449 g/mol. The van der Waals surface area contributed by atoms with E-state index in [0.717, 1.165) is 17.3 Å². The van der Waals surface area contributed by atoms with Crippen molar-refractivity contribution in [2.75, 3.05) is 27.8 Å². The van der Waals surface area contributed by atoms with Crippen molar-refractivity contribution in [3.05, 3.63) is 29.3 Å². The molecule has 0 bridgehead atoms. The lowest BCUT2D eigenvalue weighted by Crippen LogP contribution is -2.45. The predicted octanol–water partition coefficient (Wildman–Crippen LogP) is 3.35. The summed E-state index contributed by atoms with van der Waals surface area (Å²) < 4.78 is 11.0. The molecule has 24 heavy (non-hydrogen) atoms. The first-order valence-corrected chi connectivity index (χ1v) is 7.92. The number of halogens is 1. The molecule has 5 nitrogen and oxygen atoms in total. The molecule has 1 aromatic rings. The molecule has 0 fully saturated rings. The van der Waals surface area contributed by atoms with Gasteiger partial charge in [0.15, 0.2) is 5.96 Å². The van der Waals surface area contributed by atoms with Crippen LogP contribution in [0.15, 0.2) is 23.2 Å². The van der Waals surface area contributed by atoms with E-state index in [1.54, 1.807) is 21.3 Å². The second-order valence-electron chi connectivity index (χ2n) is 6.71. The summed E-state index contributed by atoms with van der Waals surface area (Å²) in [7, 11) is 5.20. The first-order chi connectivity index (χ1) is 10.8. The minimum Gasteiger partial charge on any atom is -0.496 e. The van der Waals surface area contributed by atoms with Gasteiger partial charge in [-0.05, 0) is 24.0 Å². The molecule has 2 N–H and O–H groups in total. The van der Waals surface area contributed by atoms with Gasteiger partial charge in [0.05, 0.1) is 13.2 Å². The molecule has 0 radical (unpaired) electrons. The fourth-order valence-electron chi connectivity index (χ4n) is 2.33. The number of aryl methyl sites for hydroxylation is 1. The van der Waals surface area contributed by atoms with Crippen LogP contribution in [0.5, 0.6) is 5.75 Å². The lowest BCUT2D eigenvalue weighted by Gasteiger charge is -2.30. The third-order valence-corrected chi connectivity index (χ3v) is 3.82.